The van der Waals surface area contributed by atoms with Crippen molar-refractivity contribution in [3.8, 4) is 0 Å². The molecule has 0 aliphatic rings. The third-order valence-corrected chi connectivity index (χ3v) is 8.42. The summed E-state index contributed by atoms with van der Waals surface area (Å²) in [4.78, 5) is 22.3. The smallest absolute Gasteiger partial charge is 0.457 e. The third kappa shape index (κ3) is 32.4. The van der Waals surface area contributed by atoms with E-state index in [1.807, 2.05) is 0 Å². The van der Waals surface area contributed by atoms with Gasteiger partial charge in [-0.05, 0) is 38.5 Å². The van der Waals surface area contributed by atoms with Crippen LogP contribution in [0.15, 0.2) is 12.2 Å². The monoisotopic (exact) mass is 633 g/mol. The maximum Gasteiger partial charge on any atom is 0.472 e. The number of ether oxygens (including phenoxy) is 2. The van der Waals surface area contributed by atoms with Crippen molar-refractivity contribution in [2.24, 2.45) is 5.73 Å². The predicted octanol–water partition coefficient (Wildman–Crippen LogP) is 9.58. The minimum absolute atomic E-state index is 0.0944. The molecular weight excluding hydrogens is 565 g/mol. The molecule has 0 bridgehead atoms. The first-order valence-electron chi connectivity index (χ1n) is 17.7. The number of carbonyl (C=O) groups excluding carboxylic acids is 1. The molecule has 256 valence electrons. The molecule has 3 N–H and O–H groups in total. The summed E-state index contributed by atoms with van der Waals surface area (Å²) in [6.07, 6.45) is 30.7. The number of phosphoric acid groups is 1. The van der Waals surface area contributed by atoms with Crippen molar-refractivity contribution in [1.82, 2.24) is 0 Å². The summed E-state index contributed by atoms with van der Waals surface area (Å²) in [7, 11) is -4.26. The topological polar surface area (TPSA) is 117 Å². The molecule has 0 saturated carbocycles. The number of carbonyl (C=O) groups is 1. The summed E-state index contributed by atoms with van der Waals surface area (Å²) >= 11 is 0. The molecule has 0 fully saturated rings. The summed E-state index contributed by atoms with van der Waals surface area (Å²) in [6, 6.07) is 0. The average molecular weight is 634 g/mol. The number of nitrogens with two attached hydrogens (primary N) is 1. The SMILES string of the molecule is CCCCCCC/C=C\CCCCCCCC(=O)OC(COCCCCCCCCCCCC)COP(=O)(O)OCCN. The molecule has 0 aromatic heterocycles. The molecule has 0 heterocycles. The van der Waals surface area contributed by atoms with Gasteiger partial charge in [-0.3, -0.25) is 13.8 Å². The van der Waals surface area contributed by atoms with Crippen LogP contribution in [0.1, 0.15) is 162 Å². The molecule has 0 amide bonds. The van der Waals surface area contributed by atoms with Gasteiger partial charge in [-0.15, -0.1) is 0 Å². The van der Waals surface area contributed by atoms with Crippen LogP contribution >= 0.6 is 7.82 Å². The Morgan fingerprint density at radius 2 is 1.16 bits per heavy atom. The summed E-state index contributed by atoms with van der Waals surface area (Å²) in [6.45, 7) is 4.90. The van der Waals surface area contributed by atoms with Gasteiger partial charge in [0.1, 0.15) is 6.10 Å². The second-order valence-corrected chi connectivity index (χ2v) is 13.2. The Balaban J connectivity index is 4.12. The van der Waals surface area contributed by atoms with E-state index in [0.29, 0.717) is 13.0 Å². The van der Waals surface area contributed by atoms with Gasteiger partial charge in [0.2, 0.25) is 0 Å². The van der Waals surface area contributed by atoms with Crippen LogP contribution in [-0.2, 0) is 27.9 Å². The van der Waals surface area contributed by atoms with Crippen LogP contribution in [0.5, 0.6) is 0 Å². The lowest BCUT2D eigenvalue weighted by Gasteiger charge is -2.20. The molecule has 0 rings (SSSR count). The zero-order valence-electron chi connectivity index (χ0n) is 28.0. The molecule has 2 unspecified atom stereocenters. The number of esters is 1. The molecule has 0 aromatic carbocycles. The molecule has 0 radical (unpaired) electrons. The van der Waals surface area contributed by atoms with Crippen molar-refractivity contribution in [2.45, 2.75) is 168 Å². The molecule has 0 aliphatic carbocycles. The fraction of sp³-hybridized carbons (Fsp3) is 0.912. The van der Waals surface area contributed by atoms with Gasteiger partial charge in [-0.1, -0.05) is 129 Å². The quantitative estimate of drug-likeness (QED) is 0.0311. The Morgan fingerprint density at radius 1 is 0.674 bits per heavy atom. The second kappa shape index (κ2) is 32.6. The number of unbranched alkanes of at least 4 members (excludes halogenated alkanes) is 19. The Labute approximate surface area is 264 Å². The van der Waals surface area contributed by atoms with Gasteiger partial charge in [0.15, 0.2) is 0 Å². The fourth-order valence-electron chi connectivity index (χ4n) is 4.81. The average Bonchev–Trinajstić information content (AvgIpc) is 2.99. The van der Waals surface area contributed by atoms with Crippen LogP contribution in [0.25, 0.3) is 0 Å². The molecule has 9 heteroatoms. The van der Waals surface area contributed by atoms with E-state index in [1.54, 1.807) is 0 Å². The first-order valence-corrected chi connectivity index (χ1v) is 19.2. The van der Waals surface area contributed by atoms with E-state index in [9.17, 15) is 14.3 Å². The summed E-state index contributed by atoms with van der Waals surface area (Å²) in [5, 5.41) is 0. The van der Waals surface area contributed by atoms with Crippen molar-refractivity contribution in [3.63, 3.8) is 0 Å². The van der Waals surface area contributed by atoms with Gasteiger partial charge >= 0.3 is 13.8 Å². The van der Waals surface area contributed by atoms with Crippen molar-refractivity contribution < 1.29 is 32.8 Å². The van der Waals surface area contributed by atoms with Gasteiger partial charge in [0, 0.05) is 19.6 Å². The van der Waals surface area contributed by atoms with Gasteiger partial charge in [0.05, 0.1) is 19.8 Å². The molecule has 2 atom stereocenters. The lowest BCUT2D eigenvalue weighted by Crippen LogP contribution is -2.28. The van der Waals surface area contributed by atoms with Crippen molar-refractivity contribution in [3.05, 3.63) is 12.2 Å². The Bertz CT molecular complexity index is 677. The lowest BCUT2D eigenvalue weighted by atomic mass is 10.1. The normalized spacial score (nSPS) is 13.9. The Kier molecular flexibility index (Phi) is 32.1. The Morgan fingerprint density at radius 3 is 1.70 bits per heavy atom. The number of allylic oxidation sites excluding steroid dienone is 2. The molecule has 43 heavy (non-hydrogen) atoms. The zero-order chi connectivity index (χ0) is 31.7. The molecular formula is C34H68NO7P. The minimum atomic E-state index is -4.26. The standard InChI is InChI=1S/C34H68NO7P/c1-3-5-7-9-11-13-15-16-17-18-19-21-23-25-27-34(36)42-33(32-41-43(37,38)40-30-28-35)31-39-29-26-24-22-20-14-12-10-8-6-4-2/h15-16,33H,3-14,17-32,35H2,1-2H3,(H,37,38)/b16-15-. The first-order chi connectivity index (χ1) is 20.9. The van der Waals surface area contributed by atoms with E-state index in [2.05, 4.69) is 26.0 Å². The highest BCUT2D eigenvalue weighted by Crippen LogP contribution is 2.43. The van der Waals surface area contributed by atoms with Crippen LogP contribution in [0, 0.1) is 0 Å². The van der Waals surface area contributed by atoms with Crippen LogP contribution in [0.2, 0.25) is 0 Å². The highest BCUT2D eigenvalue weighted by molar-refractivity contribution is 7.47. The Hall–Kier alpha value is -0.760. The van der Waals surface area contributed by atoms with Gasteiger partial charge in [0.25, 0.3) is 0 Å². The van der Waals surface area contributed by atoms with Gasteiger partial charge < -0.3 is 20.1 Å². The lowest BCUT2D eigenvalue weighted by molar-refractivity contribution is -0.154. The van der Waals surface area contributed by atoms with E-state index >= 15 is 0 Å². The molecule has 0 aromatic rings. The minimum Gasteiger partial charge on any atom is -0.457 e. The molecule has 8 nitrogen and oxygen atoms in total. The summed E-state index contributed by atoms with van der Waals surface area (Å²) in [5.74, 6) is -0.339. The van der Waals surface area contributed by atoms with Crippen LogP contribution in [0.3, 0.4) is 0 Å². The summed E-state index contributed by atoms with van der Waals surface area (Å²) in [5.41, 5.74) is 5.34. The highest BCUT2D eigenvalue weighted by Gasteiger charge is 2.25. The van der Waals surface area contributed by atoms with Crippen molar-refractivity contribution in [1.29, 1.82) is 0 Å². The van der Waals surface area contributed by atoms with E-state index < -0.39 is 13.9 Å². The largest absolute Gasteiger partial charge is 0.472 e. The van der Waals surface area contributed by atoms with Crippen molar-refractivity contribution >= 4 is 13.8 Å². The van der Waals surface area contributed by atoms with Crippen LogP contribution in [-0.4, -0.2) is 49.9 Å². The highest BCUT2D eigenvalue weighted by atomic mass is 31.2. The van der Waals surface area contributed by atoms with Gasteiger partial charge in [-0.2, -0.15) is 0 Å². The third-order valence-electron chi connectivity index (χ3n) is 7.43. The molecule has 0 saturated heterocycles. The van der Waals surface area contributed by atoms with E-state index in [-0.39, 0.29) is 32.3 Å². The van der Waals surface area contributed by atoms with Gasteiger partial charge in [-0.25, -0.2) is 4.57 Å². The van der Waals surface area contributed by atoms with E-state index in [0.717, 1.165) is 44.9 Å². The second-order valence-electron chi connectivity index (χ2n) is 11.7. The summed E-state index contributed by atoms with van der Waals surface area (Å²) < 4.78 is 33.2. The number of rotatable bonds is 34. The first kappa shape index (κ1) is 42.2. The van der Waals surface area contributed by atoms with Crippen molar-refractivity contribution in [2.75, 3.05) is 33.0 Å². The maximum absolute atomic E-state index is 12.5. The maximum atomic E-state index is 12.5. The number of phosphoric ester groups is 1. The fourth-order valence-corrected chi connectivity index (χ4v) is 5.58. The molecule has 0 aliphatic heterocycles. The number of hydrogen-bond donors (Lipinski definition) is 2. The van der Waals surface area contributed by atoms with E-state index in [1.165, 1.54) is 96.3 Å². The van der Waals surface area contributed by atoms with Crippen LogP contribution in [0.4, 0.5) is 0 Å². The molecule has 0 spiro atoms. The zero-order valence-corrected chi connectivity index (χ0v) is 28.8. The van der Waals surface area contributed by atoms with E-state index in [4.69, 9.17) is 24.3 Å². The predicted molar refractivity (Wildman–Crippen MR) is 178 cm³/mol. The number of hydrogen-bond acceptors (Lipinski definition) is 7. The van der Waals surface area contributed by atoms with Crippen LogP contribution < -0.4 is 5.73 Å².